The second-order valence-corrected chi connectivity index (χ2v) is 5.89. The van der Waals surface area contributed by atoms with Gasteiger partial charge in [0.25, 0.3) is 0 Å². The SMILES string of the molecule is Cc1cccc(NC2(CN)CC(C(C)C)C2)c1. The van der Waals surface area contributed by atoms with Gasteiger partial charge in [-0.05, 0) is 49.3 Å². The van der Waals surface area contributed by atoms with Crippen molar-refractivity contribution >= 4 is 5.69 Å². The topological polar surface area (TPSA) is 38.0 Å². The molecule has 1 aromatic rings. The molecule has 0 heterocycles. The third-order valence-electron chi connectivity index (χ3n) is 4.07. The number of aryl methyl sites for hydroxylation is 1. The maximum atomic E-state index is 5.95. The van der Waals surface area contributed by atoms with Gasteiger partial charge in [0.1, 0.15) is 0 Å². The maximum absolute atomic E-state index is 5.95. The van der Waals surface area contributed by atoms with Gasteiger partial charge in [0.2, 0.25) is 0 Å². The molecule has 1 fully saturated rings. The summed E-state index contributed by atoms with van der Waals surface area (Å²) >= 11 is 0. The van der Waals surface area contributed by atoms with Gasteiger partial charge < -0.3 is 11.1 Å². The van der Waals surface area contributed by atoms with E-state index in [9.17, 15) is 0 Å². The largest absolute Gasteiger partial charge is 0.378 e. The summed E-state index contributed by atoms with van der Waals surface area (Å²) in [5.74, 6) is 1.60. The Labute approximate surface area is 105 Å². The van der Waals surface area contributed by atoms with E-state index < -0.39 is 0 Å². The van der Waals surface area contributed by atoms with Crippen LogP contribution < -0.4 is 11.1 Å². The van der Waals surface area contributed by atoms with Crippen LogP contribution >= 0.6 is 0 Å². The van der Waals surface area contributed by atoms with Gasteiger partial charge in [-0.15, -0.1) is 0 Å². The van der Waals surface area contributed by atoms with Crippen molar-refractivity contribution in [3.05, 3.63) is 29.8 Å². The molecule has 0 unspecified atom stereocenters. The van der Waals surface area contributed by atoms with Gasteiger partial charge in [-0.2, -0.15) is 0 Å². The molecule has 0 radical (unpaired) electrons. The fraction of sp³-hybridized carbons (Fsp3) is 0.600. The smallest absolute Gasteiger partial charge is 0.0501 e. The number of nitrogens with one attached hydrogen (secondary N) is 1. The average Bonchev–Trinajstić information content (AvgIpc) is 2.22. The van der Waals surface area contributed by atoms with E-state index >= 15 is 0 Å². The van der Waals surface area contributed by atoms with E-state index in [0.717, 1.165) is 18.4 Å². The Balaban J connectivity index is 2.02. The summed E-state index contributed by atoms with van der Waals surface area (Å²) in [4.78, 5) is 0. The molecule has 2 nitrogen and oxygen atoms in total. The zero-order chi connectivity index (χ0) is 12.5. The minimum Gasteiger partial charge on any atom is -0.378 e. The van der Waals surface area contributed by atoms with E-state index in [-0.39, 0.29) is 5.54 Å². The van der Waals surface area contributed by atoms with Crippen LogP contribution in [0.15, 0.2) is 24.3 Å². The van der Waals surface area contributed by atoms with Crippen molar-refractivity contribution in [2.45, 2.75) is 39.2 Å². The summed E-state index contributed by atoms with van der Waals surface area (Å²) < 4.78 is 0. The molecule has 94 valence electrons. The van der Waals surface area contributed by atoms with E-state index in [1.54, 1.807) is 0 Å². The highest BCUT2D eigenvalue weighted by Crippen LogP contribution is 2.43. The lowest BCUT2D eigenvalue weighted by Gasteiger charge is -2.50. The first-order chi connectivity index (χ1) is 8.04. The van der Waals surface area contributed by atoms with Gasteiger partial charge in [-0.25, -0.2) is 0 Å². The lowest BCUT2D eigenvalue weighted by atomic mass is 9.64. The Hall–Kier alpha value is -1.02. The third kappa shape index (κ3) is 2.63. The highest BCUT2D eigenvalue weighted by atomic mass is 15.0. The summed E-state index contributed by atoms with van der Waals surface area (Å²) in [6, 6.07) is 8.55. The molecular formula is C15H24N2. The number of rotatable bonds is 4. The normalized spacial score (nSPS) is 27.9. The molecule has 1 aliphatic carbocycles. The van der Waals surface area contributed by atoms with Crippen LogP contribution in [-0.2, 0) is 0 Å². The van der Waals surface area contributed by atoms with E-state index in [1.807, 2.05) is 0 Å². The number of hydrogen-bond donors (Lipinski definition) is 2. The fourth-order valence-electron chi connectivity index (χ4n) is 2.76. The standard InChI is InChI=1S/C15H24N2/c1-11(2)13-8-15(9-13,10-16)17-14-6-4-5-12(3)7-14/h4-7,11,13,17H,8-10,16H2,1-3H3. The van der Waals surface area contributed by atoms with Crippen LogP contribution in [-0.4, -0.2) is 12.1 Å². The van der Waals surface area contributed by atoms with Crippen molar-refractivity contribution in [1.82, 2.24) is 0 Å². The molecule has 0 atom stereocenters. The zero-order valence-corrected chi connectivity index (χ0v) is 11.2. The van der Waals surface area contributed by atoms with Crippen LogP contribution in [0.4, 0.5) is 5.69 Å². The van der Waals surface area contributed by atoms with E-state index in [1.165, 1.54) is 24.1 Å². The highest BCUT2D eigenvalue weighted by Gasteiger charge is 2.44. The highest BCUT2D eigenvalue weighted by molar-refractivity contribution is 5.48. The summed E-state index contributed by atoms with van der Waals surface area (Å²) in [7, 11) is 0. The van der Waals surface area contributed by atoms with Crippen molar-refractivity contribution in [3.8, 4) is 0 Å². The van der Waals surface area contributed by atoms with Crippen LogP contribution in [0.1, 0.15) is 32.3 Å². The molecule has 0 aromatic heterocycles. The van der Waals surface area contributed by atoms with Crippen molar-refractivity contribution in [3.63, 3.8) is 0 Å². The maximum Gasteiger partial charge on any atom is 0.0501 e. The van der Waals surface area contributed by atoms with Crippen molar-refractivity contribution in [1.29, 1.82) is 0 Å². The molecule has 1 aromatic carbocycles. The molecule has 1 saturated carbocycles. The first-order valence-corrected chi connectivity index (χ1v) is 6.59. The molecule has 17 heavy (non-hydrogen) atoms. The van der Waals surface area contributed by atoms with Crippen molar-refractivity contribution in [2.24, 2.45) is 17.6 Å². The Bertz CT molecular complexity index is 378. The number of nitrogens with two attached hydrogens (primary N) is 1. The van der Waals surface area contributed by atoms with Crippen molar-refractivity contribution < 1.29 is 0 Å². The average molecular weight is 232 g/mol. The van der Waals surface area contributed by atoms with Gasteiger partial charge >= 0.3 is 0 Å². The molecule has 3 N–H and O–H groups in total. The third-order valence-corrected chi connectivity index (χ3v) is 4.07. The molecule has 0 aliphatic heterocycles. The first kappa shape index (κ1) is 12.4. The van der Waals surface area contributed by atoms with Gasteiger partial charge in [-0.1, -0.05) is 26.0 Å². The molecular weight excluding hydrogens is 208 g/mol. The minimum atomic E-state index is 0.142. The molecule has 0 amide bonds. The fourth-order valence-corrected chi connectivity index (χ4v) is 2.76. The van der Waals surface area contributed by atoms with Crippen LogP contribution in [0.3, 0.4) is 0 Å². The molecule has 1 aliphatic rings. The minimum absolute atomic E-state index is 0.142. The van der Waals surface area contributed by atoms with Gasteiger partial charge in [0.05, 0.1) is 5.54 Å². The summed E-state index contributed by atoms with van der Waals surface area (Å²) in [5, 5.41) is 3.64. The summed E-state index contributed by atoms with van der Waals surface area (Å²) in [6.45, 7) is 7.46. The quantitative estimate of drug-likeness (QED) is 0.836. The molecule has 0 spiro atoms. The zero-order valence-electron chi connectivity index (χ0n) is 11.2. The number of benzene rings is 1. The molecule has 2 heteroatoms. The Kier molecular flexibility index (Phi) is 3.43. The second-order valence-electron chi connectivity index (χ2n) is 5.89. The van der Waals surface area contributed by atoms with E-state index in [0.29, 0.717) is 0 Å². The molecule has 2 rings (SSSR count). The van der Waals surface area contributed by atoms with Crippen LogP contribution in [0.25, 0.3) is 0 Å². The van der Waals surface area contributed by atoms with E-state index in [2.05, 4.69) is 50.4 Å². The Morgan fingerprint density at radius 3 is 2.65 bits per heavy atom. The van der Waals surface area contributed by atoms with Crippen LogP contribution in [0.5, 0.6) is 0 Å². The second kappa shape index (κ2) is 4.69. The van der Waals surface area contributed by atoms with E-state index in [4.69, 9.17) is 5.73 Å². The van der Waals surface area contributed by atoms with Crippen LogP contribution in [0, 0.1) is 18.8 Å². The van der Waals surface area contributed by atoms with Gasteiger partial charge in [0, 0.05) is 12.2 Å². The lowest BCUT2D eigenvalue weighted by molar-refractivity contribution is 0.130. The van der Waals surface area contributed by atoms with Crippen molar-refractivity contribution in [2.75, 3.05) is 11.9 Å². The monoisotopic (exact) mass is 232 g/mol. The predicted molar refractivity (Wildman–Crippen MR) is 74.1 cm³/mol. The van der Waals surface area contributed by atoms with Gasteiger partial charge in [0.15, 0.2) is 0 Å². The number of hydrogen-bond acceptors (Lipinski definition) is 2. The van der Waals surface area contributed by atoms with Gasteiger partial charge in [-0.3, -0.25) is 0 Å². The molecule has 0 saturated heterocycles. The first-order valence-electron chi connectivity index (χ1n) is 6.59. The molecule has 0 bridgehead atoms. The number of anilines is 1. The Morgan fingerprint density at radius 2 is 2.12 bits per heavy atom. The lowest BCUT2D eigenvalue weighted by Crippen LogP contribution is -2.56. The van der Waals surface area contributed by atoms with Crippen LogP contribution in [0.2, 0.25) is 0 Å². The Morgan fingerprint density at radius 1 is 1.41 bits per heavy atom. The summed E-state index contributed by atoms with van der Waals surface area (Å²) in [5.41, 5.74) is 8.60. The predicted octanol–water partition coefficient (Wildman–Crippen LogP) is 3.17. The summed E-state index contributed by atoms with van der Waals surface area (Å²) in [6.07, 6.45) is 2.41.